The van der Waals surface area contributed by atoms with E-state index < -0.39 is 0 Å². The minimum absolute atomic E-state index is 0.0793. The quantitative estimate of drug-likeness (QED) is 0.855. The Hall–Kier alpha value is -1.94. The van der Waals surface area contributed by atoms with E-state index in [0.29, 0.717) is 25.6 Å². The number of benzene rings is 1. The van der Waals surface area contributed by atoms with Crippen molar-refractivity contribution in [3.8, 4) is 0 Å². The molecule has 22 heavy (non-hydrogen) atoms. The summed E-state index contributed by atoms with van der Waals surface area (Å²) in [6.45, 7) is 8.10. The molecule has 1 saturated heterocycles. The largest absolute Gasteiger partial charge is 0.375 e. The summed E-state index contributed by atoms with van der Waals surface area (Å²) in [6, 6.07) is 9.82. The fourth-order valence-corrected chi connectivity index (χ4v) is 2.84. The maximum Gasteiger partial charge on any atom is 0.254 e. The number of rotatable bonds is 2. The molecule has 0 aliphatic carbocycles. The number of morpholine rings is 1. The van der Waals surface area contributed by atoms with E-state index in [1.807, 2.05) is 42.2 Å². The fourth-order valence-electron chi connectivity index (χ4n) is 2.84. The minimum atomic E-state index is 0.0793. The smallest absolute Gasteiger partial charge is 0.254 e. The summed E-state index contributed by atoms with van der Waals surface area (Å²) >= 11 is 0. The van der Waals surface area contributed by atoms with Crippen molar-refractivity contribution in [3.63, 3.8) is 0 Å². The Kier molecular flexibility index (Phi) is 4.12. The van der Waals surface area contributed by atoms with Crippen molar-refractivity contribution in [1.82, 2.24) is 9.88 Å². The summed E-state index contributed by atoms with van der Waals surface area (Å²) in [6.07, 6.45) is 0.0929. The van der Waals surface area contributed by atoms with Gasteiger partial charge < -0.3 is 9.64 Å². The van der Waals surface area contributed by atoms with Gasteiger partial charge in [0.1, 0.15) is 0 Å². The van der Waals surface area contributed by atoms with Gasteiger partial charge in [0.2, 0.25) is 0 Å². The molecule has 1 aromatic carbocycles. The van der Waals surface area contributed by atoms with E-state index in [4.69, 9.17) is 4.74 Å². The number of hydrogen-bond donors (Lipinski definition) is 0. The summed E-state index contributed by atoms with van der Waals surface area (Å²) in [5, 5.41) is 0.927. The van der Waals surface area contributed by atoms with E-state index in [-0.39, 0.29) is 12.0 Å². The number of amides is 1. The second-order valence-electron chi connectivity index (χ2n) is 6.20. The van der Waals surface area contributed by atoms with Crippen LogP contribution in [0.1, 0.15) is 42.7 Å². The summed E-state index contributed by atoms with van der Waals surface area (Å²) < 4.78 is 5.54. The Labute approximate surface area is 131 Å². The number of hydrogen-bond acceptors (Lipinski definition) is 3. The molecule has 0 N–H and O–H groups in total. The molecule has 0 radical (unpaired) electrons. The highest BCUT2D eigenvalue weighted by molar-refractivity contribution is 6.06. The van der Waals surface area contributed by atoms with E-state index in [1.165, 1.54) is 0 Å². The van der Waals surface area contributed by atoms with Crippen LogP contribution < -0.4 is 0 Å². The Morgan fingerprint density at radius 3 is 2.86 bits per heavy atom. The molecule has 3 rings (SSSR count). The summed E-state index contributed by atoms with van der Waals surface area (Å²) in [5.41, 5.74) is 2.60. The first kappa shape index (κ1) is 15.0. The molecule has 1 aliphatic rings. The van der Waals surface area contributed by atoms with Crippen molar-refractivity contribution in [2.45, 2.75) is 32.8 Å². The summed E-state index contributed by atoms with van der Waals surface area (Å²) in [5.74, 6) is 0.371. The molecule has 0 spiro atoms. The molecule has 1 aliphatic heterocycles. The van der Waals surface area contributed by atoms with Crippen LogP contribution in [0.4, 0.5) is 0 Å². The van der Waals surface area contributed by atoms with Crippen LogP contribution in [0.5, 0.6) is 0 Å². The molecule has 0 saturated carbocycles. The van der Waals surface area contributed by atoms with Crippen LogP contribution >= 0.6 is 0 Å². The first-order chi connectivity index (χ1) is 10.6. The number of para-hydroxylation sites is 1. The molecule has 1 fully saturated rings. The van der Waals surface area contributed by atoms with Gasteiger partial charge in [-0.25, -0.2) is 0 Å². The van der Waals surface area contributed by atoms with Crippen LogP contribution in [0.2, 0.25) is 0 Å². The molecule has 4 nitrogen and oxygen atoms in total. The molecule has 116 valence electrons. The molecule has 2 aromatic rings. The number of nitrogens with zero attached hydrogens (tertiary/aromatic N) is 2. The topological polar surface area (TPSA) is 42.4 Å². The molecule has 1 atom stereocenters. The lowest BCUT2D eigenvalue weighted by molar-refractivity contribution is -0.0123. The van der Waals surface area contributed by atoms with Crippen LogP contribution in [0.3, 0.4) is 0 Å². The predicted octanol–water partition coefficient (Wildman–Crippen LogP) is 3.22. The standard InChI is InChI=1S/C18H22N2O2/c1-12(2)17-10-15(14-6-4-5-7-16(14)19-17)18(21)20-8-9-22-13(3)11-20/h4-7,10,12-13H,8-9,11H2,1-3H3/t13-/m0/s1. The number of carbonyl (C=O) groups is 1. The first-order valence-corrected chi connectivity index (χ1v) is 7.87. The second kappa shape index (κ2) is 6.05. The SMILES string of the molecule is CC(C)c1cc(C(=O)N2CCO[C@@H](C)C2)c2ccccc2n1. The van der Waals surface area contributed by atoms with Crippen LogP contribution in [0.25, 0.3) is 10.9 Å². The number of pyridine rings is 1. The molecular weight excluding hydrogens is 276 g/mol. The van der Waals surface area contributed by atoms with Gasteiger partial charge in [-0.05, 0) is 25.0 Å². The van der Waals surface area contributed by atoms with Crippen molar-refractivity contribution < 1.29 is 9.53 Å². The van der Waals surface area contributed by atoms with Gasteiger partial charge in [0.15, 0.2) is 0 Å². The zero-order valence-corrected chi connectivity index (χ0v) is 13.4. The lowest BCUT2D eigenvalue weighted by Gasteiger charge is -2.31. The number of aromatic nitrogens is 1. The molecular formula is C18H22N2O2. The highest BCUT2D eigenvalue weighted by atomic mass is 16.5. The normalized spacial score (nSPS) is 18.9. The summed E-state index contributed by atoms with van der Waals surface area (Å²) in [4.78, 5) is 19.5. The number of carbonyl (C=O) groups excluding carboxylic acids is 1. The monoisotopic (exact) mass is 298 g/mol. The Balaban J connectivity index is 2.06. The van der Waals surface area contributed by atoms with Crippen LogP contribution in [0, 0.1) is 0 Å². The first-order valence-electron chi connectivity index (χ1n) is 7.87. The highest BCUT2D eigenvalue weighted by Gasteiger charge is 2.24. The third kappa shape index (κ3) is 2.83. The predicted molar refractivity (Wildman–Crippen MR) is 87.1 cm³/mol. The molecule has 0 bridgehead atoms. The van der Waals surface area contributed by atoms with Crippen molar-refractivity contribution in [2.24, 2.45) is 0 Å². The average molecular weight is 298 g/mol. The Morgan fingerprint density at radius 1 is 1.36 bits per heavy atom. The number of ether oxygens (including phenoxy) is 1. The minimum Gasteiger partial charge on any atom is -0.375 e. The van der Waals surface area contributed by atoms with Gasteiger partial charge in [-0.2, -0.15) is 0 Å². The third-order valence-electron chi connectivity index (χ3n) is 4.09. The van der Waals surface area contributed by atoms with Gasteiger partial charge in [0, 0.05) is 24.2 Å². The highest BCUT2D eigenvalue weighted by Crippen LogP contribution is 2.24. The average Bonchev–Trinajstić information content (AvgIpc) is 2.53. The van der Waals surface area contributed by atoms with E-state index >= 15 is 0 Å². The fraction of sp³-hybridized carbons (Fsp3) is 0.444. The zero-order chi connectivity index (χ0) is 15.7. The van der Waals surface area contributed by atoms with Gasteiger partial charge >= 0.3 is 0 Å². The van der Waals surface area contributed by atoms with Crippen LogP contribution in [-0.2, 0) is 4.74 Å². The van der Waals surface area contributed by atoms with Crippen molar-refractivity contribution in [2.75, 3.05) is 19.7 Å². The molecule has 1 amide bonds. The van der Waals surface area contributed by atoms with Crippen molar-refractivity contribution in [3.05, 3.63) is 41.6 Å². The van der Waals surface area contributed by atoms with Gasteiger partial charge in [0.05, 0.1) is 23.8 Å². The molecule has 4 heteroatoms. The Bertz CT molecular complexity index is 697. The third-order valence-corrected chi connectivity index (χ3v) is 4.09. The van der Waals surface area contributed by atoms with E-state index in [0.717, 1.165) is 22.2 Å². The maximum atomic E-state index is 13.0. The van der Waals surface area contributed by atoms with E-state index in [2.05, 4.69) is 18.8 Å². The van der Waals surface area contributed by atoms with E-state index in [1.54, 1.807) is 0 Å². The van der Waals surface area contributed by atoms with Gasteiger partial charge in [0.25, 0.3) is 5.91 Å². The van der Waals surface area contributed by atoms with Crippen LogP contribution in [0.15, 0.2) is 30.3 Å². The van der Waals surface area contributed by atoms with Crippen LogP contribution in [-0.4, -0.2) is 41.6 Å². The Morgan fingerprint density at radius 2 is 2.14 bits per heavy atom. The zero-order valence-electron chi connectivity index (χ0n) is 13.4. The second-order valence-corrected chi connectivity index (χ2v) is 6.20. The van der Waals surface area contributed by atoms with Crippen molar-refractivity contribution in [1.29, 1.82) is 0 Å². The molecule has 2 heterocycles. The molecule has 0 unspecified atom stereocenters. The maximum absolute atomic E-state index is 13.0. The van der Waals surface area contributed by atoms with Gasteiger partial charge in [-0.1, -0.05) is 32.0 Å². The molecule has 1 aromatic heterocycles. The van der Waals surface area contributed by atoms with Gasteiger partial charge in [-0.3, -0.25) is 9.78 Å². The van der Waals surface area contributed by atoms with Gasteiger partial charge in [-0.15, -0.1) is 0 Å². The summed E-state index contributed by atoms with van der Waals surface area (Å²) in [7, 11) is 0. The lowest BCUT2D eigenvalue weighted by atomic mass is 10.0. The van der Waals surface area contributed by atoms with E-state index in [9.17, 15) is 4.79 Å². The van der Waals surface area contributed by atoms with Crippen molar-refractivity contribution >= 4 is 16.8 Å². The lowest BCUT2D eigenvalue weighted by Crippen LogP contribution is -2.44. The number of fused-ring (bicyclic) bond motifs is 1.